The fourth-order valence-corrected chi connectivity index (χ4v) is 3.33. The molecule has 3 rings (SSSR count). The van der Waals surface area contributed by atoms with Gasteiger partial charge in [0.15, 0.2) is 11.5 Å². The number of hydrogen-bond acceptors (Lipinski definition) is 7. The Kier molecular flexibility index (Phi) is 8.48. The molecule has 3 aromatic rings. The lowest BCUT2D eigenvalue weighted by molar-refractivity contribution is -0.121. The highest BCUT2D eigenvalue weighted by Gasteiger charge is 2.11. The lowest BCUT2D eigenvalue weighted by Crippen LogP contribution is -2.25. The van der Waals surface area contributed by atoms with Gasteiger partial charge in [-0.15, -0.1) is 10.2 Å². The maximum atomic E-state index is 12.2. The molecule has 1 amide bonds. The van der Waals surface area contributed by atoms with Gasteiger partial charge in [-0.2, -0.15) is 0 Å². The first-order valence-corrected chi connectivity index (χ1v) is 10.5. The second kappa shape index (κ2) is 11.7. The Bertz CT molecular complexity index is 1020. The number of hydrogen-bond donors (Lipinski definition) is 1. The average molecular weight is 440 g/mol. The van der Waals surface area contributed by atoms with Crippen LogP contribution in [0.25, 0.3) is 0 Å². The highest BCUT2D eigenvalue weighted by molar-refractivity contribution is 5.76. The van der Waals surface area contributed by atoms with Crippen molar-refractivity contribution in [1.29, 1.82) is 0 Å². The summed E-state index contributed by atoms with van der Waals surface area (Å²) in [5.74, 6) is 3.17. The molecule has 1 N–H and O–H groups in total. The van der Waals surface area contributed by atoms with Gasteiger partial charge < -0.3 is 23.9 Å². The SMILES string of the molecule is COc1ccccc1CCc1nnc(CCC(=O)NCCc2ccc(OC)c(OC)c2)o1. The highest BCUT2D eigenvalue weighted by atomic mass is 16.5. The van der Waals surface area contributed by atoms with Crippen molar-refractivity contribution in [3.8, 4) is 17.2 Å². The summed E-state index contributed by atoms with van der Waals surface area (Å²) in [4.78, 5) is 12.2. The molecule has 0 atom stereocenters. The Morgan fingerprint density at radius 2 is 1.56 bits per heavy atom. The van der Waals surface area contributed by atoms with E-state index in [4.69, 9.17) is 18.6 Å². The van der Waals surface area contributed by atoms with Crippen molar-refractivity contribution in [3.63, 3.8) is 0 Å². The quantitative estimate of drug-likeness (QED) is 0.463. The molecule has 2 aromatic carbocycles. The van der Waals surface area contributed by atoms with Crippen LogP contribution < -0.4 is 19.5 Å². The Labute approximate surface area is 187 Å². The highest BCUT2D eigenvalue weighted by Crippen LogP contribution is 2.27. The zero-order valence-electron chi connectivity index (χ0n) is 18.7. The molecule has 0 bridgehead atoms. The molecule has 0 aliphatic carbocycles. The van der Waals surface area contributed by atoms with E-state index in [0.29, 0.717) is 55.5 Å². The van der Waals surface area contributed by atoms with E-state index in [1.54, 1.807) is 21.3 Å². The lowest BCUT2D eigenvalue weighted by atomic mass is 10.1. The summed E-state index contributed by atoms with van der Waals surface area (Å²) in [5, 5.41) is 11.1. The minimum absolute atomic E-state index is 0.0563. The van der Waals surface area contributed by atoms with Gasteiger partial charge >= 0.3 is 0 Å². The maximum Gasteiger partial charge on any atom is 0.220 e. The van der Waals surface area contributed by atoms with Gasteiger partial charge in [-0.3, -0.25) is 4.79 Å². The number of aromatic nitrogens is 2. The van der Waals surface area contributed by atoms with Crippen LogP contribution in [0.15, 0.2) is 46.9 Å². The van der Waals surface area contributed by atoms with Crippen molar-refractivity contribution >= 4 is 5.91 Å². The number of carbonyl (C=O) groups excluding carboxylic acids is 1. The standard InChI is InChI=1S/C24H29N3O5/c1-29-19-7-5-4-6-18(19)9-12-23-26-27-24(32-23)13-11-22(28)25-15-14-17-8-10-20(30-2)21(16-17)31-3/h4-8,10,16H,9,11-15H2,1-3H3,(H,25,28). The zero-order chi connectivity index (χ0) is 22.8. The Hall–Kier alpha value is -3.55. The number of amides is 1. The number of benzene rings is 2. The molecule has 0 radical (unpaired) electrons. The smallest absolute Gasteiger partial charge is 0.220 e. The van der Waals surface area contributed by atoms with E-state index < -0.39 is 0 Å². The van der Waals surface area contributed by atoms with Gasteiger partial charge in [0.25, 0.3) is 0 Å². The van der Waals surface area contributed by atoms with E-state index in [9.17, 15) is 4.79 Å². The van der Waals surface area contributed by atoms with Crippen LogP contribution in [0.4, 0.5) is 0 Å². The minimum Gasteiger partial charge on any atom is -0.496 e. The summed E-state index contributed by atoms with van der Waals surface area (Å²) >= 11 is 0. The van der Waals surface area contributed by atoms with Gasteiger partial charge in [0.1, 0.15) is 5.75 Å². The second-order valence-electron chi connectivity index (χ2n) is 7.19. The first-order valence-electron chi connectivity index (χ1n) is 10.5. The van der Waals surface area contributed by atoms with Gasteiger partial charge in [0.2, 0.25) is 17.7 Å². The molecule has 0 spiro atoms. The number of methoxy groups -OCH3 is 3. The number of ether oxygens (including phenoxy) is 3. The van der Waals surface area contributed by atoms with Crippen LogP contribution in [0.2, 0.25) is 0 Å². The molecule has 0 saturated heterocycles. The van der Waals surface area contributed by atoms with Crippen LogP contribution in [0.1, 0.15) is 29.3 Å². The van der Waals surface area contributed by atoms with Crippen molar-refractivity contribution in [3.05, 3.63) is 65.4 Å². The summed E-state index contributed by atoms with van der Waals surface area (Å²) in [6.07, 6.45) is 2.75. The average Bonchev–Trinajstić information content (AvgIpc) is 3.29. The number of aryl methyl sites for hydroxylation is 3. The van der Waals surface area contributed by atoms with Crippen LogP contribution in [0.3, 0.4) is 0 Å². The van der Waals surface area contributed by atoms with Crippen molar-refractivity contribution < 1.29 is 23.4 Å². The van der Waals surface area contributed by atoms with E-state index in [2.05, 4.69) is 15.5 Å². The minimum atomic E-state index is -0.0563. The van der Waals surface area contributed by atoms with Crippen molar-refractivity contribution in [2.75, 3.05) is 27.9 Å². The van der Waals surface area contributed by atoms with E-state index >= 15 is 0 Å². The summed E-state index contributed by atoms with van der Waals surface area (Å²) in [5.41, 5.74) is 2.14. The molecule has 0 fully saturated rings. The predicted molar refractivity (Wildman–Crippen MR) is 119 cm³/mol. The van der Waals surface area contributed by atoms with Gasteiger partial charge in [-0.25, -0.2) is 0 Å². The van der Waals surface area contributed by atoms with Crippen LogP contribution >= 0.6 is 0 Å². The second-order valence-corrected chi connectivity index (χ2v) is 7.19. The first-order chi connectivity index (χ1) is 15.6. The molecule has 0 aliphatic rings. The van der Waals surface area contributed by atoms with Crippen LogP contribution in [0, 0.1) is 0 Å². The fourth-order valence-electron chi connectivity index (χ4n) is 3.33. The van der Waals surface area contributed by atoms with E-state index in [1.165, 1.54) is 0 Å². The predicted octanol–water partition coefficient (Wildman–Crippen LogP) is 3.17. The van der Waals surface area contributed by atoms with Crippen LogP contribution in [0.5, 0.6) is 17.2 Å². The lowest BCUT2D eigenvalue weighted by Gasteiger charge is -2.10. The van der Waals surface area contributed by atoms with E-state index in [-0.39, 0.29) is 5.91 Å². The van der Waals surface area contributed by atoms with Gasteiger partial charge in [0, 0.05) is 25.8 Å². The molecular weight excluding hydrogens is 410 g/mol. The van der Waals surface area contributed by atoms with Gasteiger partial charge in [-0.05, 0) is 42.2 Å². The molecule has 170 valence electrons. The number of para-hydroxylation sites is 1. The molecule has 1 aromatic heterocycles. The summed E-state index contributed by atoms with van der Waals surface area (Å²) in [7, 11) is 4.86. The summed E-state index contributed by atoms with van der Waals surface area (Å²) < 4.78 is 21.6. The number of carbonyl (C=O) groups is 1. The van der Waals surface area contributed by atoms with Crippen molar-refractivity contribution in [2.45, 2.75) is 32.1 Å². The number of nitrogens with zero attached hydrogens (tertiary/aromatic N) is 2. The first kappa shape index (κ1) is 23.1. The molecule has 32 heavy (non-hydrogen) atoms. The molecule has 0 saturated carbocycles. The Morgan fingerprint density at radius 1 is 0.844 bits per heavy atom. The van der Waals surface area contributed by atoms with E-state index in [0.717, 1.165) is 23.3 Å². The third kappa shape index (κ3) is 6.47. The normalized spacial score (nSPS) is 10.6. The van der Waals surface area contributed by atoms with Gasteiger partial charge in [0.05, 0.1) is 21.3 Å². The Balaban J connectivity index is 1.39. The molecular formula is C24H29N3O5. The van der Waals surface area contributed by atoms with Crippen LogP contribution in [-0.4, -0.2) is 44.0 Å². The van der Waals surface area contributed by atoms with Crippen LogP contribution in [-0.2, 0) is 30.5 Å². The number of rotatable bonds is 12. The molecule has 8 heteroatoms. The third-order valence-corrected chi connectivity index (χ3v) is 5.06. The Morgan fingerprint density at radius 3 is 2.31 bits per heavy atom. The number of nitrogens with one attached hydrogen (secondary N) is 1. The van der Waals surface area contributed by atoms with Crippen molar-refractivity contribution in [2.24, 2.45) is 0 Å². The molecule has 1 heterocycles. The van der Waals surface area contributed by atoms with Gasteiger partial charge in [-0.1, -0.05) is 24.3 Å². The largest absolute Gasteiger partial charge is 0.496 e. The molecule has 0 aliphatic heterocycles. The van der Waals surface area contributed by atoms with Crippen molar-refractivity contribution in [1.82, 2.24) is 15.5 Å². The van der Waals surface area contributed by atoms with E-state index in [1.807, 2.05) is 42.5 Å². The molecule has 8 nitrogen and oxygen atoms in total. The third-order valence-electron chi connectivity index (χ3n) is 5.06. The fraction of sp³-hybridized carbons (Fsp3) is 0.375. The maximum absolute atomic E-state index is 12.2. The molecule has 0 unspecified atom stereocenters. The monoisotopic (exact) mass is 439 g/mol. The zero-order valence-corrected chi connectivity index (χ0v) is 18.7. The topological polar surface area (TPSA) is 95.7 Å². The summed E-state index contributed by atoms with van der Waals surface area (Å²) in [6, 6.07) is 13.6. The summed E-state index contributed by atoms with van der Waals surface area (Å²) in [6.45, 7) is 0.530.